The quantitative estimate of drug-likeness (QED) is 0.0345. The van der Waals surface area contributed by atoms with Crippen LogP contribution in [0.1, 0.15) is 219 Å². The van der Waals surface area contributed by atoms with Gasteiger partial charge in [0.25, 0.3) is 0 Å². The number of carbonyl (C=O) groups is 2. The predicted molar refractivity (Wildman–Crippen MR) is 268 cm³/mol. The lowest BCUT2D eigenvalue weighted by Crippen LogP contribution is -2.23. The van der Waals surface area contributed by atoms with Crippen LogP contribution in [-0.2, 0) is 25.5 Å². The summed E-state index contributed by atoms with van der Waals surface area (Å²) >= 11 is 0. The fourth-order valence-corrected chi connectivity index (χ4v) is 10.7. The second-order valence-corrected chi connectivity index (χ2v) is 20.1. The third kappa shape index (κ3) is 18.5. The number of fused-ring (bicyclic) bond motifs is 2. The lowest BCUT2D eigenvalue weighted by atomic mass is 9.80. The van der Waals surface area contributed by atoms with E-state index in [0.29, 0.717) is 36.5 Å². The number of hydrogen-bond donors (Lipinski definition) is 0. The molecule has 358 valence electrons. The van der Waals surface area contributed by atoms with Crippen molar-refractivity contribution in [1.82, 2.24) is 0 Å². The van der Waals surface area contributed by atoms with Crippen LogP contribution >= 0.6 is 0 Å². The van der Waals surface area contributed by atoms with E-state index in [4.69, 9.17) is 18.9 Å². The molecule has 0 spiro atoms. The average Bonchev–Trinajstić information content (AvgIpc) is 3.33. The van der Waals surface area contributed by atoms with Gasteiger partial charge in [0.1, 0.15) is 11.5 Å². The Bertz CT molecular complexity index is 1730. The molecule has 3 aromatic carbocycles. The highest BCUT2D eigenvalue weighted by Gasteiger charge is 2.25. The molecule has 0 saturated heterocycles. The van der Waals surface area contributed by atoms with Gasteiger partial charge < -0.3 is 18.9 Å². The monoisotopic (exact) mass is 883 g/mol. The molecule has 0 atom stereocenters. The first-order chi connectivity index (χ1) is 31.5. The van der Waals surface area contributed by atoms with E-state index in [2.05, 4.69) is 32.9 Å². The highest BCUT2D eigenvalue weighted by atomic mass is 16.6. The van der Waals surface area contributed by atoms with Crippen LogP contribution in [0.2, 0.25) is 0 Å². The van der Waals surface area contributed by atoms with Crippen LogP contribution in [0.4, 0.5) is 0 Å². The minimum Gasteiger partial charge on any atom is -0.481 e. The van der Waals surface area contributed by atoms with Gasteiger partial charge in [-0.3, -0.25) is 0 Å². The summed E-state index contributed by atoms with van der Waals surface area (Å²) in [6.45, 7) is 7.33. The van der Waals surface area contributed by atoms with Crippen molar-refractivity contribution in [2.45, 2.75) is 220 Å². The van der Waals surface area contributed by atoms with Gasteiger partial charge >= 0.3 is 11.9 Å². The zero-order valence-corrected chi connectivity index (χ0v) is 41.0. The number of aryl methyl sites for hydroxylation is 1. The van der Waals surface area contributed by atoms with Gasteiger partial charge in [0.15, 0.2) is 13.2 Å². The molecule has 2 saturated carbocycles. The van der Waals surface area contributed by atoms with E-state index >= 15 is 0 Å². The minimum absolute atomic E-state index is 0.155. The third-order valence-electron chi connectivity index (χ3n) is 14.9. The number of esters is 2. The molecule has 6 heteroatoms. The van der Waals surface area contributed by atoms with E-state index in [0.717, 1.165) is 71.0 Å². The average molecular weight is 883 g/mol. The van der Waals surface area contributed by atoms with Crippen LogP contribution in [0, 0.1) is 23.7 Å². The fraction of sp³-hybridized carbons (Fsp3) is 0.724. The Morgan fingerprint density at radius 1 is 0.438 bits per heavy atom. The molecular weight excluding hydrogens is 793 g/mol. The van der Waals surface area contributed by atoms with Crippen LogP contribution in [-0.4, -0.2) is 38.4 Å². The van der Waals surface area contributed by atoms with Crippen molar-refractivity contribution in [2.24, 2.45) is 23.7 Å². The normalized spacial score (nSPS) is 18.9. The molecule has 0 heterocycles. The van der Waals surface area contributed by atoms with E-state index < -0.39 is 0 Å². The van der Waals surface area contributed by atoms with Gasteiger partial charge in [-0.1, -0.05) is 224 Å². The molecule has 0 amide bonds. The fourth-order valence-electron chi connectivity index (χ4n) is 10.7. The summed E-state index contributed by atoms with van der Waals surface area (Å²) in [6.07, 6.45) is 40.9. The topological polar surface area (TPSA) is 71.1 Å². The van der Waals surface area contributed by atoms with E-state index in [1.807, 2.05) is 30.3 Å². The van der Waals surface area contributed by atoms with Crippen LogP contribution < -0.4 is 9.47 Å². The third-order valence-corrected chi connectivity index (χ3v) is 14.9. The van der Waals surface area contributed by atoms with Gasteiger partial charge in [-0.2, -0.15) is 0 Å². The molecule has 0 N–H and O–H groups in total. The van der Waals surface area contributed by atoms with Gasteiger partial charge in [-0.15, -0.1) is 0 Å². The summed E-state index contributed by atoms with van der Waals surface area (Å²) in [4.78, 5) is 26.3. The lowest BCUT2D eigenvalue weighted by Gasteiger charge is -2.28. The summed E-state index contributed by atoms with van der Waals surface area (Å²) in [5.74, 6) is 3.14. The number of rotatable bonds is 33. The summed E-state index contributed by atoms with van der Waals surface area (Å²) in [6, 6.07) is 14.2. The van der Waals surface area contributed by atoms with Gasteiger partial charge in [0.2, 0.25) is 0 Å². The van der Waals surface area contributed by atoms with Crippen molar-refractivity contribution in [2.75, 3.05) is 26.4 Å². The molecule has 2 aliphatic carbocycles. The molecule has 0 aliphatic heterocycles. The standard InChI is InChI=1S/C58H90O6/c1-4-7-9-11-13-15-17-19-21-23-27-47-31-35-49(36-32-47)42-61-55(59)44-63-57-51-29-25-26-30-52(51)58(54-41-46(6-3)39-40-53(54)57)64-45-56(60)62-43-50-37-33-48(34-38-50)28-24-22-20-18-16-14-12-10-8-5-2/h25-26,29-30,39-41,47-50H,4-24,27-28,31-38,42-45H2,1-3H3. The summed E-state index contributed by atoms with van der Waals surface area (Å²) in [7, 11) is 0. The smallest absolute Gasteiger partial charge is 0.344 e. The molecule has 5 rings (SSSR count). The minimum atomic E-state index is -0.333. The van der Waals surface area contributed by atoms with Crippen molar-refractivity contribution in [3.63, 3.8) is 0 Å². The highest BCUT2D eigenvalue weighted by Crippen LogP contribution is 2.43. The van der Waals surface area contributed by atoms with Crippen molar-refractivity contribution >= 4 is 33.5 Å². The number of hydrogen-bond acceptors (Lipinski definition) is 6. The number of unbranched alkanes of at least 4 members (excludes halogenated alkanes) is 18. The maximum atomic E-state index is 13.2. The molecule has 0 aromatic heterocycles. The molecule has 64 heavy (non-hydrogen) atoms. The Morgan fingerprint density at radius 3 is 1.20 bits per heavy atom. The first-order valence-corrected chi connectivity index (χ1v) is 27.0. The molecule has 6 nitrogen and oxygen atoms in total. The van der Waals surface area contributed by atoms with E-state index in [-0.39, 0.29) is 25.2 Å². The highest BCUT2D eigenvalue weighted by molar-refractivity contribution is 6.11. The molecule has 0 radical (unpaired) electrons. The van der Waals surface area contributed by atoms with Crippen molar-refractivity contribution < 1.29 is 28.5 Å². The molecule has 0 unspecified atom stereocenters. The Morgan fingerprint density at radius 2 is 0.797 bits per heavy atom. The molecule has 0 bridgehead atoms. The summed E-state index contributed by atoms with van der Waals surface area (Å²) < 4.78 is 24.4. The molecule has 3 aromatic rings. The second-order valence-electron chi connectivity index (χ2n) is 20.1. The Balaban J connectivity index is 1.02. The van der Waals surface area contributed by atoms with Gasteiger partial charge in [-0.05, 0) is 67.4 Å². The van der Waals surface area contributed by atoms with E-state index in [1.54, 1.807) is 0 Å². The van der Waals surface area contributed by atoms with Crippen molar-refractivity contribution in [1.29, 1.82) is 0 Å². The van der Waals surface area contributed by atoms with Crippen LogP contribution in [0.15, 0.2) is 42.5 Å². The Kier molecular flexibility index (Phi) is 24.9. The second kappa shape index (κ2) is 30.8. The van der Waals surface area contributed by atoms with Gasteiger partial charge in [0.05, 0.1) is 13.2 Å². The van der Waals surface area contributed by atoms with Gasteiger partial charge in [-0.25, -0.2) is 9.59 Å². The molecule has 2 fully saturated rings. The Hall–Kier alpha value is -3.28. The number of ether oxygens (including phenoxy) is 4. The number of benzene rings is 3. The number of carbonyl (C=O) groups excluding carboxylic acids is 2. The maximum absolute atomic E-state index is 13.2. The van der Waals surface area contributed by atoms with Crippen molar-refractivity contribution in [3.05, 3.63) is 48.0 Å². The van der Waals surface area contributed by atoms with Gasteiger partial charge in [0, 0.05) is 21.5 Å². The first-order valence-electron chi connectivity index (χ1n) is 27.0. The Labute approximate surface area is 390 Å². The first kappa shape index (κ1) is 51.7. The van der Waals surface area contributed by atoms with Crippen LogP contribution in [0.5, 0.6) is 11.5 Å². The summed E-state index contributed by atoms with van der Waals surface area (Å²) in [5.41, 5.74) is 1.16. The van der Waals surface area contributed by atoms with E-state index in [9.17, 15) is 9.59 Å². The predicted octanol–water partition coefficient (Wildman–Crippen LogP) is 16.6. The van der Waals surface area contributed by atoms with Crippen LogP contribution in [0.25, 0.3) is 21.5 Å². The van der Waals surface area contributed by atoms with Crippen molar-refractivity contribution in [3.8, 4) is 11.5 Å². The zero-order chi connectivity index (χ0) is 45.0. The largest absolute Gasteiger partial charge is 0.481 e. The van der Waals surface area contributed by atoms with E-state index in [1.165, 1.54) is 167 Å². The zero-order valence-electron chi connectivity index (χ0n) is 41.0. The SMILES string of the molecule is CCCCCCCCCCCCC1CCC(COC(=O)COc2c3ccccc3c(OCC(=O)OCC3CCC(CCCCCCCCCCCC)CC3)c3cc(CC)ccc23)CC1. The summed E-state index contributed by atoms with van der Waals surface area (Å²) in [5, 5.41) is 3.40. The molecule has 2 aliphatic rings. The van der Waals surface area contributed by atoms with Crippen LogP contribution in [0.3, 0.4) is 0 Å². The lowest BCUT2D eigenvalue weighted by molar-refractivity contribution is -0.148. The molecular formula is C58H90O6. The maximum Gasteiger partial charge on any atom is 0.344 e.